The molecule has 1 heterocycles. The minimum absolute atomic E-state index is 0.259. The van der Waals surface area contributed by atoms with Crippen LogP contribution in [0.4, 0.5) is 4.39 Å². The lowest BCUT2D eigenvalue weighted by Gasteiger charge is -2.05. The molecule has 16 heavy (non-hydrogen) atoms. The van der Waals surface area contributed by atoms with E-state index in [4.69, 9.17) is 4.42 Å². The second kappa shape index (κ2) is 4.22. The van der Waals surface area contributed by atoms with Crippen molar-refractivity contribution in [2.45, 2.75) is 6.92 Å². The third-order valence-corrected chi connectivity index (χ3v) is 3.32. The van der Waals surface area contributed by atoms with Crippen molar-refractivity contribution in [1.29, 1.82) is 0 Å². The number of hydrogen-bond acceptors (Lipinski definition) is 2. The zero-order valence-electron chi connectivity index (χ0n) is 8.46. The number of benzene rings is 1. The number of rotatable bonds is 2. The number of carbonyl (C=O) groups excluding carboxylic acids is 1. The van der Waals surface area contributed by atoms with E-state index in [1.54, 1.807) is 25.1 Å². The summed E-state index contributed by atoms with van der Waals surface area (Å²) in [5.41, 5.74) is 1.51. The Balaban J connectivity index is 2.56. The zero-order chi connectivity index (χ0) is 11.7. The summed E-state index contributed by atoms with van der Waals surface area (Å²) in [5.74, 6) is 0.499. The first-order valence-electron chi connectivity index (χ1n) is 4.63. The third kappa shape index (κ3) is 1.80. The summed E-state index contributed by atoms with van der Waals surface area (Å²) < 4.78 is 18.9. The highest BCUT2D eigenvalue weighted by molar-refractivity contribution is 9.10. The molecule has 0 saturated carbocycles. The number of furan rings is 1. The maximum atomic E-state index is 13.2. The Kier molecular flexibility index (Phi) is 2.92. The van der Waals surface area contributed by atoms with Crippen LogP contribution in [0.25, 0.3) is 11.3 Å². The average Bonchev–Trinajstić information content (AvgIpc) is 2.74. The molecule has 2 nitrogen and oxygen atoms in total. The van der Waals surface area contributed by atoms with Crippen LogP contribution in [0.1, 0.15) is 16.1 Å². The molecule has 0 atom stereocenters. The first kappa shape index (κ1) is 11.1. The lowest BCUT2D eigenvalue weighted by atomic mass is 10.1. The third-order valence-electron chi connectivity index (χ3n) is 2.35. The summed E-state index contributed by atoms with van der Waals surface area (Å²) in [5, 5.41) is 0. The molecule has 2 aromatic rings. The van der Waals surface area contributed by atoms with Crippen LogP contribution in [0.15, 0.2) is 33.2 Å². The van der Waals surface area contributed by atoms with Gasteiger partial charge in [0.2, 0.25) is 0 Å². The van der Waals surface area contributed by atoms with Crippen LogP contribution >= 0.6 is 15.9 Å². The second-order valence-electron chi connectivity index (χ2n) is 3.35. The van der Waals surface area contributed by atoms with E-state index in [-0.39, 0.29) is 11.6 Å². The summed E-state index contributed by atoms with van der Waals surface area (Å²) in [6.07, 6.45) is 0.636. The van der Waals surface area contributed by atoms with Crippen LogP contribution in [0.3, 0.4) is 0 Å². The Bertz CT molecular complexity index is 546. The van der Waals surface area contributed by atoms with Gasteiger partial charge in [-0.25, -0.2) is 4.39 Å². The van der Waals surface area contributed by atoms with Crippen LogP contribution in [-0.4, -0.2) is 6.29 Å². The van der Waals surface area contributed by atoms with Crippen molar-refractivity contribution < 1.29 is 13.6 Å². The average molecular weight is 283 g/mol. The van der Waals surface area contributed by atoms with E-state index in [0.29, 0.717) is 16.5 Å². The standard InChI is InChI=1S/C12H8BrFO2/c1-7-9(3-4-10(14)12(7)13)11-5-2-8(6-15)16-11/h2-6H,1H3. The summed E-state index contributed by atoms with van der Waals surface area (Å²) in [4.78, 5) is 10.5. The lowest BCUT2D eigenvalue weighted by molar-refractivity contribution is 0.110. The Hall–Kier alpha value is -1.42. The molecular formula is C12H8BrFO2. The molecule has 0 bridgehead atoms. The molecule has 0 aliphatic rings. The van der Waals surface area contributed by atoms with E-state index in [2.05, 4.69) is 15.9 Å². The van der Waals surface area contributed by atoms with Crippen molar-refractivity contribution in [2.24, 2.45) is 0 Å². The van der Waals surface area contributed by atoms with Gasteiger partial charge in [-0.15, -0.1) is 0 Å². The summed E-state index contributed by atoms with van der Waals surface area (Å²) in [6, 6.07) is 6.26. The van der Waals surface area contributed by atoms with Gasteiger partial charge in [0.05, 0.1) is 4.47 Å². The molecule has 1 aromatic heterocycles. The fraction of sp³-hybridized carbons (Fsp3) is 0.0833. The Morgan fingerprint density at radius 1 is 1.31 bits per heavy atom. The van der Waals surface area contributed by atoms with Crippen molar-refractivity contribution in [2.75, 3.05) is 0 Å². The van der Waals surface area contributed by atoms with Gasteiger partial charge in [-0.1, -0.05) is 0 Å². The predicted molar refractivity (Wildman–Crippen MR) is 61.9 cm³/mol. The van der Waals surface area contributed by atoms with Crippen molar-refractivity contribution >= 4 is 22.2 Å². The molecule has 0 N–H and O–H groups in total. The van der Waals surface area contributed by atoms with E-state index in [0.717, 1.165) is 11.1 Å². The summed E-state index contributed by atoms with van der Waals surface area (Å²) in [7, 11) is 0. The smallest absolute Gasteiger partial charge is 0.185 e. The predicted octanol–water partition coefficient (Wildman–Crippen LogP) is 3.97. The maximum Gasteiger partial charge on any atom is 0.185 e. The fourth-order valence-corrected chi connectivity index (χ4v) is 1.83. The summed E-state index contributed by atoms with van der Waals surface area (Å²) in [6.45, 7) is 1.78. The fourth-order valence-electron chi connectivity index (χ4n) is 1.48. The number of aldehydes is 1. The molecule has 2 rings (SSSR count). The van der Waals surface area contributed by atoms with Crippen molar-refractivity contribution in [1.82, 2.24) is 0 Å². The second-order valence-corrected chi connectivity index (χ2v) is 4.15. The highest BCUT2D eigenvalue weighted by Gasteiger charge is 2.11. The minimum atomic E-state index is -0.316. The van der Waals surface area contributed by atoms with Crippen LogP contribution in [0.2, 0.25) is 0 Å². The Labute approximate surface area is 100 Å². The topological polar surface area (TPSA) is 30.2 Å². The van der Waals surface area contributed by atoms with Gasteiger partial charge < -0.3 is 4.42 Å². The molecule has 0 spiro atoms. The molecule has 1 aromatic carbocycles. The quantitative estimate of drug-likeness (QED) is 0.781. The van der Waals surface area contributed by atoms with Crippen LogP contribution < -0.4 is 0 Å². The van der Waals surface area contributed by atoms with Gasteiger partial charge in [0, 0.05) is 5.56 Å². The van der Waals surface area contributed by atoms with Gasteiger partial charge in [-0.2, -0.15) is 0 Å². The maximum absolute atomic E-state index is 13.2. The van der Waals surface area contributed by atoms with Crippen LogP contribution in [0, 0.1) is 12.7 Å². The van der Waals surface area contributed by atoms with Crippen molar-refractivity contribution in [3.8, 4) is 11.3 Å². The van der Waals surface area contributed by atoms with E-state index in [1.807, 2.05) is 0 Å². The number of carbonyl (C=O) groups is 1. The summed E-state index contributed by atoms with van der Waals surface area (Å²) >= 11 is 3.16. The van der Waals surface area contributed by atoms with Gasteiger partial charge in [0.25, 0.3) is 0 Å². The first-order chi connectivity index (χ1) is 7.63. The molecule has 0 aliphatic carbocycles. The van der Waals surface area contributed by atoms with Gasteiger partial charge >= 0.3 is 0 Å². The molecule has 82 valence electrons. The van der Waals surface area contributed by atoms with Crippen LogP contribution in [-0.2, 0) is 0 Å². The van der Waals surface area contributed by atoms with Gasteiger partial charge in [-0.3, -0.25) is 4.79 Å². The highest BCUT2D eigenvalue weighted by Crippen LogP contribution is 2.31. The monoisotopic (exact) mass is 282 g/mol. The molecule has 0 radical (unpaired) electrons. The van der Waals surface area contributed by atoms with E-state index < -0.39 is 0 Å². The molecule has 0 unspecified atom stereocenters. The number of hydrogen-bond donors (Lipinski definition) is 0. The van der Waals surface area contributed by atoms with Crippen molar-refractivity contribution in [3.63, 3.8) is 0 Å². The lowest BCUT2D eigenvalue weighted by Crippen LogP contribution is -1.87. The van der Waals surface area contributed by atoms with Crippen LogP contribution in [0.5, 0.6) is 0 Å². The minimum Gasteiger partial charge on any atom is -0.453 e. The SMILES string of the molecule is Cc1c(-c2ccc(C=O)o2)ccc(F)c1Br. The Morgan fingerprint density at radius 3 is 2.69 bits per heavy atom. The van der Waals surface area contributed by atoms with E-state index in [9.17, 15) is 9.18 Å². The molecule has 0 amide bonds. The van der Waals surface area contributed by atoms with Gasteiger partial charge in [0.1, 0.15) is 11.6 Å². The van der Waals surface area contributed by atoms with Gasteiger partial charge in [-0.05, 0) is 52.7 Å². The van der Waals surface area contributed by atoms with Crippen molar-refractivity contribution in [3.05, 3.63) is 45.9 Å². The zero-order valence-corrected chi connectivity index (χ0v) is 10.0. The molecule has 4 heteroatoms. The largest absolute Gasteiger partial charge is 0.453 e. The normalized spacial score (nSPS) is 10.4. The molecule has 0 saturated heterocycles. The van der Waals surface area contributed by atoms with E-state index >= 15 is 0 Å². The molecular weight excluding hydrogens is 275 g/mol. The molecule has 0 aliphatic heterocycles. The Morgan fingerprint density at radius 2 is 2.06 bits per heavy atom. The first-order valence-corrected chi connectivity index (χ1v) is 5.42. The van der Waals surface area contributed by atoms with Gasteiger partial charge in [0.15, 0.2) is 12.0 Å². The highest BCUT2D eigenvalue weighted by atomic mass is 79.9. The van der Waals surface area contributed by atoms with E-state index in [1.165, 1.54) is 6.07 Å². The number of halogens is 2. The molecule has 0 fully saturated rings.